The van der Waals surface area contributed by atoms with Crippen LogP contribution in [0.15, 0.2) is 48.7 Å². The molecule has 2 aromatic carbocycles. The van der Waals surface area contributed by atoms with Crippen molar-refractivity contribution in [2.75, 3.05) is 0 Å². The zero-order chi connectivity index (χ0) is 13.4. The number of pyridine rings is 1. The molecule has 1 nitrogen and oxygen atoms in total. The summed E-state index contributed by atoms with van der Waals surface area (Å²) in [5.74, 6) is 0. The lowest BCUT2D eigenvalue weighted by Crippen LogP contribution is -1.93. The number of hydrogen-bond donors (Lipinski definition) is 0. The van der Waals surface area contributed by atoms with E-state index in [-0.39, 0.29) is 0 Å². The van der Waals surface area contributed by atoms with Crippen LogP contribution < -0.4 is 0 Å². The van der Waals surface area contributed by atoms with Crippen LogP contribution in [-0.2, 0) is 0 Å². The van der Waals surface area contributed by atoms with Crippen molar-refractivity contribution in [3.8, 4) is 11.3 Å². The molecule has 0 fully saturated rings. The Labute approximate surface area is 113 Å². The zero-order valence-electron chi connectivity index (χ0n) is 11.6. The van der Waals surface area contributed by atoms with E-state index < -0.39 is 0 Å². The summed E-state index contributed by atoms with van der Waals surface area (Å²) in [5, 5.41) is 2.46. The number of hydrogen-bond acceptors (Lipinski definition) is 1. The quantitative estimate of drug-likeness (QED) is 0.600. The molecule has 1 heteroatoms. The minimum Gasteiger partial charge on any atom is -0.256 e. The van der Waals surface area contributed by atoms with Crippen molar-refractivity contribution >= 4 is 10.8 Å². The van der Waals surface area contributed by atoms with Crippen LogP contribution in [0, 0.1) is 20.8 Å². The minimum absolute atomic E-state index is 1.09. The van der Waals surface area contributed by atoms with Gasteiger partial charge in [0.25, 0.3) is 0 Å². The minimum atomic E-state index is 1.09. The largest absolute Gasteiger partial charge is 0.256 e. The standard InChI is InChI=1S/C18H17N/c1-12-10-13(2)17(14(3)11-12)18-16-7-5-4-6-15(16)8-9-19-18/h4-11H,1-3H3. The highest BCUT2D eigenvalue weighted by Gasteiger charge is 2.10. The fraction of sp³-hybridized carbons (Fsp3) is 0.167. The Hall–Kier alpha value is -2.15. The maximum atomic E-state index is 4.63. The highest BCUT2D eigenvalue weighted by molar-refractivity contribution is 5.95. The van der Waals surface area contributed by atoms with Gasteiger partial charge < -0.3 is 0 Å². The molecular weight excluding hydrogens is 230 g/mol. The van der Waals surface area contributed by atoms with Gasteiger partial charge in [0, 0.05) is 17.1 Å². The molecule has 0 aliphatic carbocycles. The average Bonchev–Trinajstić information content (AvgIpc) is 2.38. The van der Waals surface area contributed by atoms with Crippen LogP contribution in [0.5, 0.6) is 0 Å². The molecule has 0 bridgehead atoms. The molecule has 3 aromatic rings. The van der Waals surface area contributed by atoms with E-state index in [2.05, 4.69) is 68.2 Å². The van der Waals surface area contributed by atoms with E-state index in [9.17, 15) is 0 Å². The van der Waals surface area contributed by atoms with Gasteiger partial charge in [-0.3, -0.25) is 4.98 Å². The number of benzene rings is 2. The van der Waals surface area contributed by atoms with E-state index in [4.69, 9.17) is 0 Å². The SMILES string of the molecule is Cc1cc(C)c(-c2nccc3ccccc23)c(C)c1. The summed E-state index contributed by atoms with van der Waals surface area (Å²) in [6.07, 6.45) is 1.90. The monoisotopic (exact) mass is 247 g/mol. The molecule has 0 aliphatic rings. The van der Waals surface area contributed by atoms with Crippen LogP contribution in [0.1, 0.15) is 16.7 Å². The first-order valence-corrected chi connectivity index (χ1v) is 6.59. The number of fused-ring (bicyclic) bond motifs is 1. The second-order valence-electron chi connectivity index (χ2n) is 5.15. The fourth-order valence-corrected chi connectivity index (χ4v) is 2.87. The van der Waals surface area contributed by atoms with Crippen LogP contribution in [0.4, 0.5) is 0 Å². The number of rotatable bonds is 1. The van der Waals surface area contributed by atoms with Crippen molar-refractivity contribution in [3.63, 3.8) is 0 Å². The Morgan fingerprint density at radius 1 is 0.842 bits per heavy atom. The van der Waals surface area contributed by atoms with Crippen molar-refractivity contribution < 1.29 is 0 Å². The van der Waals surface area contributed by atoms with Gasteiger partial charge in [0.1, 0.15) is 0 Å². The van der Waals surface area contributed by atoms with Crippen molar-refractivity contribution in [1.82, 2.24) is 4.98 Å². The molecule has 0 atom stereocenters. The van der Waals surface area contributed by atoms with Gasteiger partial charge in [-0.15, -0.1) is 0 Å². The molecule has 0 saturated carbocycles. The zero-order valence-corrected chi connectivity index (χ0v) is 11.6. The summed E-state index contributed by atoms with van der Waals surface area (Å²) in [6.45, 7) is 6.47. The molecule has 0 spiro atoms. The highest BCUT2D eigenvalue weighted by Crippen LogP contribution is 2.31. The summed E-state index contributed by atoms with van der Waals surface area (Å²) >= 11 is 0. The van der Waals surface area contributed by atoms with Crippen LogP contribution in [0.3, 0.4) is 0 Å². The molecule has 1 heterocycles. The lowest BCUT2D eigenvalue weighted by molar-refractivity contribution is 1.28. The molecule has 0 saturated heterocycles. The van der Waals surface area contributed by atoms with E-state index in [0.29, 0.717) is 0 Å². The van der Waals surface area contributed by atoms with Gasteiger partial charge in [-0.25, -0.2) is 0 Å². The Morgan fingerprint density at radius 2 is 1.53 bits per heavy atom. The molecule has 0 unspecified atom stereocenters. The predicted molar refractivity (Wildman–Crippen MR) is 81.4 cm³/mol. The van der Waals surface area contributed by atoms with Crippen LogP contribution in [0.25, 0.3) is 22.0 Å². The van der Waals surface area contributed by atoms with Crippen molar-refractivity contribution in [2.24, 2.45) is 0 Å². The van der Waals surface area contributed by atoms with Gasteiger partial charge in [-0.1, -0.05) is 42.0 Å². The Kier molecular flexibility index (Phi) is 2.83. The van der Waals surface area contributed by atoms with Crippen LogP contribution in [-0.4, -0.2) is 4.98 Å². The predicted octanol–water partition coefficient (Wildman–Crippen LogP) is 4.83. The average molecular weight is 247 g/mol. The number of nitrogens with zero attached hydrogens (tertiary/aromatic N) is 1. The van der Waals surface area contributed by atoms with Gasteiger partial charge in [0.05, 0.1) is 5.69 Å². The lowest BCUT2D eigenvalue weighted by atomic mass is 9.94. The van der Waals surface area contributed by atoms with Crippen LogP contribution in [0.2, 0.25) is 0 Å². The molecular formula is C18H17N. The summed E-state index contributed by atoms with van der Waals surface area (Å²) < 4.78 is 0. The Balaban J connectivity index is 2.37. The molecule has 94 valence electrons. The highest BCUT2D eigenvalue weighted by atomic mass is 14.7. The number of aromatic nitrogens is 1. The van der Waals surface area contributed by atoms with E-state index in [1.165, 1.54) is 33.0 Å². The normalized spacial score (nSPS) is 10.9. The van der Waals surface area contributed by atoms with Gasteiger partial charge in [0.15, 0.2) is 0 Å². The smallest absolute Gasteiger partial charge is 0.0785 e. The van der Waals surface area contributed by atoms with E-state index in [0.717, 1.165) is 5.69 Å². The molecule has 19 heavy (non-hydrogen) atoms. The maximum Gasteiger partial charge on any atom is 0.0785 e. The second-order valence-corrected chi connectivity index (χ2v) is 5.15. The van der Waals surface area contributed by atoms with Crippen molar-refractivity contribution in [1.29, 1.82) is 0 Å². The topological polar surface area (TPSA) is 12.9 Å². The van der Waals surface area contributed by atoms with E-state index >= 15 is 0 Å². The van der Waals surface area contributed by atoms with Gasteiger partial charge in [-0.05, 0) is 43.4 Å². The van der Waals surface area contributed by atoms with Gasteiger partial charge in [0.2, 0.25) is 0 Å². The summed E-state index contributed by atoms with van der Waals surface area (Å²) in [6, 6.07) is 15.0. The third-order valence-electron chi connectivity index (χ3n) is 3.59. The van der Waals surface area contributed by atoms with Gasteiger partial charge in [-0.2, -0.15) is 0 Å². The summed E-state index contributed by atoms with van der Waals surface area (Å²) in [4.78, 5) is 4.63. The summed E-state index contributed by atoms with van der Waals surface area (Å²) in [5.41, 5.74) is 6.25. The first kappa shape index (κ1) is 11.9. The van der Waals surface area contributed by atoms with Crippen LogP contribution >= 0.6 is 0 Å². The van der Waals surface area contributed by atoms with Gasteiger partial charge >= 0.3 is 0 Å². The molecule has 0 radical (unpaired) electrons. The molecule has 0 N–H and O–H groups in total. The first-order chi connectivity index (χ1) is 9.16. The summed E-state index contributed by atoms with van der Waals surface area (Å²) in [7, 11) is 0. The Bertz CT molecular complexity index is 728. The maximum absolute atomic E-state index is 4.63. The molecule has 1 aromatic heterocycles. The third-order valence-corrected chi connectivity index (χ3v) is 3.59. The third kappa shape index (κ3) is 2.01. The molecule has 3 rings (SSSR count). The van der Waals surface area contributed by atoms with E-state index in [1.807, 2.05) is 6.20 Å². The fourth-order valence-electron chi connectivity index (χ4n) is 2.87. The van der Waals surface area contributed by atoms with Crippen molar-refractivity contribution in [3.05, 3.63) is 65.4 Å². The second kappa shape index (κ2) is 4.51. The van der Waals surface area contributed by atoms with E-state index in [1.54, 1.807) is 0 Å². The van der Waals surface area contributed by atoms with Crippen molar-refractivity contribution in [2.45, 2.75) is 20.8 Å². The lowest BCUT2D eigenvalue weighted by Gasteiger charge is -2.13. The number of aryl methyl sites for hydroxylation is 3. The molecule has 0 aliphatic heterocycles. The first-order valence-electron chi connectivity index (χ1n) is 6.59. The molecule has 0 amide bonds. The Morgan fingerprint density at radius 3 is 2.26 bits per heavy atom.